The summed E-state index contributed by atoms with van der Waals surface area (Å²) in [6, 6.07) is 12.3. The Morgan fingerprint density at radius 2 is 2.00 bits per heavy atom. The molecule has 0 N–H and O–H groups in total. The fourth-order valence-corrected chi connectivity index (χ4v) is 2.02. The second kappa shape index (κ2) is 6.18. The van der Waals surface area contributed by atoms with E-state index in [0.29, 0.717) is 12.8 Å². The van der Waals surface area contributed by atoms with Gasteiger partial charge in [-0.3, -0.25) is 0 Å². The predicted molar refractivity (Wildman–Crippen MR) is 73.2 cm³/mol. The van der Waals surface area contributed by atoms with Gasteiger partial charge < -0.3 is 0 Å². The Morgan fingerprint density at radius 3 is 2.67 bits per heavy atom. The van der Waals surface area contributed by atoms with Crippen LogP contribution in [0, 0.1) is 11.3 Å². The first-order chi connectivity index (χ1) is 8.83. The van der Waals surface area contributed by atoms with Gasteiger partial charge in [0.05, 0.1) is 11.8 Å². The van der Waals surface area contributed by atoms with E-state index in [1.54, 1.807) is 18.0 Å². The van der Waals surface area contributed by atoms with Gasteiger partial charge in [-0.25, -0.2) is 9.97 Å². The average Bonchev–Trinajstić information content (AvgIpc) is 2.45. The highest BCUT2D eigenvalue weighted by atomic mass is 32.2. The highest BCUT2D eigenvalue weighted by Gasteiger charge is 2.02. The number of rotatable bonds is 4. The third kappa shape index (κ3) is 3.08. The van der Waals surface area contributed by atoms with Gasteiger partial charge in [0.1, 0.15) is 5.82 Å². The molecular formula is C14H13N3S. The topological polar surface area (TPSA) is 49.6 Å². The fourth-order valence-electron chi connectivity index (χ4n) is 1.61. The van der Waals surface area contributed by atoms with Gasteiger partial charge in [-0.1, -0.05) is 12.1 Å². The van der Waals surface area contributed by atoms with E-state index in [1.807, 2.05) is 6.07 Å². The van der Waals surface area contributed by atoms with E-state index in [-0.39, 0.29) is 0 Å². The number of hydrogen-bond acceptors (Lipinski definition) is 4. The lowest BCUT2D eigenvalue weighted by Crippen LogP contribution is -1.95. The SMILES string of the molecule is CSc1ccc(-c2ccnc(CCC#N)n2)cc1. The number of hydrogen-bond donors (Lipinski definition) is 0. The third-order valence-corrected chi connectivity index (χ3v) is 3.30. The third-order valence-electron chi connectivity index (χ3n) is 2.55. The zero-order valence-corrected chi connectivity index (χ0v) is 10.9. The highest BCUT2D eigenvalue weighted by molar-refractivity contribution is 7.98. The Balaban J connectivity index is 2.24. The van der Waals surface area contributed by atoms with Crippen molar-refractivity contribution in [2.24, 2.45) is 0 Å². The average molecular weight is 255 g/mol. The Kier molecular flexibility index (Phi) is 4.32. The molecule has 0 saturated carbocycles. The van der Waals surface area contributed by atoms with Crippen LogP contribution in [-0.4, -0.2) is 16.2 Å². The molecule has 0 aliphatic heterocycles. The molecule has 1 aromatic heterocycles. The van der Waals surface area contributed by atoms with E-state index in [4.69, 9.17) is 5.26 Å². The summed E-state index contributed by atoms with van der Waals surface area (Å²) in [5.41, 5.74) is 1.99. The van der Waals surface area contributed by atoms with Gasteiger partial charge in [0.2, 0.25) is 0 Å². The van der Waals surface area contributed by atoms with E-state index in [2.05, 4.69) is 46.6 Å². The fraction of sp³-hybridized carbons (Fsp3) is 0.214. The van der Waals surface area contributed by atoms with Gasteiger partial charge in [-0.15, -0.1) is 11.8 Å². The molecule has 4 heteroatoms. The summed E-state index contributed by atoms with van der Waals surface area (Å²) in [6.07, 6.45) is 4.86. The molecular weight excluding hydrogens is 242 g/mol. The minimum absolute atomic E-state index is 0.453. The zero-order valence-electron chi connectivity index (χ0n) is 10.1. The largest absolute Gasteiger partial charge is 0.241 e. The summed E-state index contributed by atoms with van der Waals surface area (Å²) in [4.78, 5) is 9.87. The summed E-state index contributed by atoms with van der Waals surface area (Å²) in [5.74, 6) is 0.725. The molecule has 3 nitrogen and oxygen atoms in total. The maximum atomic E-state index is 8.56. The lowest BCUT2D eigenvalue weighted by molar-refractivity contribution is 0.887. The Labute approximate surface area is 111 Å². The zero-order chi connectivity index (χ0) is 12.8. The smallest absolute Gasteiger partial charge is 0.129 e. The van der Waals surface area contributed by atoms with Gasteiger partial charge in [0.25, 0.3) is 0 Å². The summed E-state index contributed by atoms with van der Waals surface area (Å²) >= 11 is 1.72. The van der Waals surface area contributed by atoms with Crippen molar-refractivity contribution < 1.29 is 0 Å². The molecule has 0 amide bonds. The van der Waals surface area contributed by atoms with Crippen LogP contribution in [0.25, 0.3) is 11.3 Å². The summed E-state index contributed by atoms with van der Waals surface area (Å²) in [7, 11) is 0. The number of thioether (sulfide) groups is 1. The standard InChI is InChI=1S/C14H13N3S/c1-18-12-6-4-11(5-7-12)13-8-10-16-14(17-13)3-2-9-15/h4-8,10H,2-3H2,1H3. The first-order valence-electron chi connectivity index (χ1n) is 5.67. The van der Waals surface area contributed by atoms with Crippen molar-refractivity contribution in [1.82, 2.24) is 9.97 Å². The molecule has 1 aromatic carbocycles. The number of aromatic nitrogens is 2. The van der Waals surface area contributed by atoms with Crippen LogP contribution in [0.5, 0.6) is 0 Å². The van der Waals surface area contributed by atoms with E-state index in [1.165, 1.54) is 4.90 Å². The Hall–Kier alpha value is -1.86. The molecule has 0 bridgehead atoms. The van der Waals surface area contributed by atoms with Crippen molar-refractivity contribution >= 4 is 11.8 Å². The van der Waals surface area contributed by atoms with Gasteiger partial charge in [-0.05, 0) is 24.5 Å². The van der Waals surface area contributed by atoms with Gasteiger partial charge >= 0.3 is 0 Å². The minimum atomic E-state index is 0.453. The second-order valence-electron chi connectivity index (χ2n) is 3.74. The molecule has 0 aliphatic rings. The summed E-state index contributed by atoms with van der Waals surface area (Å²) in [6.45, 7) is 0. The van der Waals surface area contributed by atoms with Crippen LogP contribution in [0.1, 0.15) is 12.2 Å². The lowest BCUT2D eigenvalue weighted by atomic mass is 10.1. The number of nitrogens with zero attached hydrogens (tertiary/aromatic N) is 3. The van der Waals surface area contributed by atoms with Crippen molar-refractivity contribution in [2.45, 2.75) is 17.7 Å². The van der Waals surface area contributed by atoms with Gasteiger partial charge in [-0.2, -0.15) is 5.26 Å². The molecule has 90 valence electrons. The number of nitriles is 1. The number of benzene rings is 1. The van der Waals surface area contributed by atoms with E-state index in [0.717, 1.165) is 17.1 Å². The van der Waals surface area contributed by atoms with Crippen LogP contribution in [0.3, 0.4) is 0 Å². The van der Waals surface area contributed by atoms with Crippen LogP contribution in [0.15, 0.2) is 41.4 Å². The van der Waals surface area contributed by atoms with Gasteiger partial charge in [0, 0.05) is 29.5 Å². The maximum absolute atomic E-state index is 8.56. The van der Waals surface area contributed by atoms with E-state index in [9.17, 15) is 0 Å². The molecule has 0 aliphatic carbocycles. The molecule has 0 unspecified atom stereocenters. The molecule has 2 rings (SSSR count). The minimum Gasteiger partial charge on any atom is -0.241 e. The lowest BCUT2D eigenvalue weighted by Gasteiger charge is -2.03. The molecule has 0 atom stereocenters. The van der Waals surface area contributed by atoms with Crippen molar-refractivity contribution in [3.63, 3.8) is 0 Å². The highest BCUT2D eigenvalue weighted by Crippen LogP contribution is 2.21. The van der Waals surface area contributed by atoms with Crippen molar-refractivity contribution in [1.29, 1.82) is 5.26 Å². The maximum Gasteiger partial charge on any atom is 0.129 e. The summed E-state index contributed by atoms with van der Waals surface area (Å²) in [5, 5.41) is 8.56. The first-order valence-corrected chi connectivity index (χ1v) is 6.89. The molecule has 0 saturated heterocycles. The second-order valence-corrected chi connectivity index (χ2v) is 4.62. The van der Waals surface area contributed by atoms with Crippen LogP contribution >= 0.6 is 11.8 Å². The van der Waals surface area contributed by atoms with Gasteiger partial charge in [0.15, 0.2) is 0 Å². The molecule has 0 spiro atoms. The van der Waals surface area contributed by atoms with Crippen molar-refractivity contribution in [2.75, 3.05) is 6.26 Å². The van der Waals surface area contributed by atoms with Crippen LogP contribution < -0.4 is 0 Å². The molecule has 18 heavy (non-hydrogen) atoms. The monoisotopic (exact) mass is 255 g/mol. The Morgan fingerprint density at radius 1 is 1.22 bits per heavy atom. The van der Waals surface area contributed by atoms with Crippen molar-refractivity contribution in [3.8, 4) is 17.3 Å². The van der Waals surface area contributed by atoms with Crippen LogP contribution in [0.2, 0.25) is 0 Å². The normalized spacial score (nSPS) is 10.0. The molecule has 1 heterocycles. The number of aryl methyl sites for hydroxylation is 1. The van der Waals surface area contributed by atoms with Crippen LogP contribution in [-0.2, 0) is 6.42 Å². The quantitative estimate of drug-likeness (QED) is 0.786. The molecule has 0 radical (unpaired) electrons. The molecule has 2 aromatic rings. The first kappa shape index (κ1) is 12.6. The van der Waals surface area contributed by atoms with E-state index < -0.39 is 0 Å². The van der Waals surface area contributed by atoms with Crippen LogP contribution in [0.4, 0.5) is 0 Å². The van der Waals surface area contributed by atoms with E-state index >= 15 is 0 Å². The summed E-state index contributed by atoms with van der Waals surface area (Å²) < 4.78 is 0. The predicted octanol–water partition coefficient (Wildman–Crippen LogP) is 3.32. The molecule has 0 fully saturated rings. The Bertz CT molecular complexity index is 558. The van der Waals surface area contributed by atoms with Crippen molar-refractivity contribution in [3.05, 3.63) is 42.4 Å².